The van der Waals surface area contributed by atoms with Crippen LogP contribution in [0.5, 0.6) is 11.5 Å². The number of rotatable bonds is 1. The van der Waals surface area contributed by atoms with Crippen LogP contribution in [-0.4, -0.2) is 18.2 Å². The number of hydrogen-bond donors (Lipinski definition) is 0. The molecule has 2 heterocycles. The second kappa shape index (κ2) is 4.04. The summed E-state index contributed by atoms with van der Waals surface area (Å²) in [6.45, 7) is 5.33. The molecule has 0 amide bonds. The van der Waals surface area contributed by atoms with Gasteiger partial charge in [0.1, 0.15) is 18.2 Å². The average molecular weight is 247 g/mol. The molecule has 0 saturated carbocycles. The van der Waals surface area contributed by atoms with E-state index in [-0.39, 0.29) is 0 Å². The third-order valence-electron chi connectivity index (χ3n) is 2.74. The molecule has 4 heteroatoms. The van der Waals surface area contributed by atoms with Crippen molar-refractivity contribution < 1.29 is 9.47 Å². The van der Waals surface area contributed by atoms with E-state index in [9.17, 15) is 0 Å². The summed E-state index contributed by atoms with van der Waals surface area (Å²) >= 11 is 1.66. The van der Waals surface area contributed by atoms with Crippen molar-refractivity contribution in [2.45, 2.75) is 13.8 Å². The minimum Gasteiger partial charge on any atom is -0.486 e. The first-order chi connectivity index (χ1) is 8.24. The van der Waals surface area contributed by atoms with Gasteiger partial charge in [0.15, 0.2) is 11.5 Å². The lowest BCUT2D eigenvalue weighted by Gasteiger charge is -2.19. The number of ether oxygens (including phenoxy) is 2. The highest BCUT2D eigenvalue weighted by Gasteiger charge is 2.16. The van der Waals surface area contributed by atoms with Gasteiger partial charge in [-0.05, 0) is 31.5 Å². The molecule has 3 rings (SSSR count). The Bertz CT molecular complexity index is 563. The zero-order chi connectivity index (χ0) is 11.8. The van der Waals surface area contributed by atoms with Crippen molar-refractivity contribution >= 4 is 11.3 Å². The van der Waals surface area contributed by atoms with E-state index < -0.39 is 0 Å². The van der Waals surface area contributed by atoms with Gasteiger partial charge in [-0.25, -0.2) is 4.98 Å². The lowest BCUT2D eigenvalue weighted by atomic mass is 10.1. The number of thiazole rings is 1. The van der Waals surface area contributed by atoms with Gasteiger partial charge in [0.2, 0.25) is 0 Å². The summed E-state index contributed by atoms with van der Waals surface area (Å²) in [6, 6.07) is 4.06. The fourth-order valence-corrected chi connectivity index (χ4v) is 2.78. The normalized spacial score (nSPS) is 13.8. The second-order valence-electron chi connectivity index (χ2n) is 4.10. The Morgan fingerprint density at radius 3 is 2.47 bits per heavy atom. The summed E-state index contributed by atoms with van der Waals surface area (Å²) in [5.41, 5.74) is 3.36. The molecule has 0 atom stereocenters. The van der Waals surface area contributed by atoms with Crippen LogP contribution in [-0.2, 0) is 0 Å². The molecule has 88 valence electrons. The summed E-state index contributed by atoms with van der Waals surface area (Å²) in [7, 11) is 0. The summed E-state index contributed by atoms with van der Waals surface area (Å²) in [5.74, 6) is 1.66. The molecule has 1 aliphatic rings. The third kappa shape index (κ3) is 1.89. The van der Waals surface area contributed by atoms with Gasteiger partial charge < -0.3 is 9.47 Å². The first kappa shape index (κ1) is 10.6. The Morgan fingerprint density at radius 2 is 1.82 bits per heavy atom. The molecule has 1 aliphatic heterocycles. The molecule has 17 heavy (non-hydrogen) atoms. The minimum atomic E-state index is 0.617. The van der Waals surface area contributed by atoms with Crippen LogP contribution < -0.4 is 9.47 Å². The third-order valence-corrected chi connectivity index (χ3v) is 3.73. The van der Waals surface area contributed by atoms with Crippen LogP contribution in [0.3, 0.4) is 0 Å². The van der Waals surface area contributed by atoms with Gasteiger partial charge in [-0.2, -0.15) is 0 Å². The van der Waals surface area contributed by atoms with E-state index in [4.69, 9.17) is 9.47 Å². The van der Waals surface area contributed by atoms with Crippen molar-refractivity contribution in [3.63, 3.8) is 0 Å². The number of benzene rings is 1. The maximum absolute atomic E-state index is 5.60. The van der Waals surface area contributed by atoms with Crippen molar-refractivity contribution in [3.05, 3.63) is 28.8 Å². The maximum Gasteiger partial charge on any atom is 0.162 e. The highest BCUT2D eigenvalue weighted by atomic mass is 32.1. The molecule has 1 aromatic carbocycles. The molecule has 0 saturated heterocycles. The Morgan fingerprint density at radius 1 is 1.12 bits per heavy atom. The number of hydrogen-bond acceptors (Lipinski definition) is 4. The van der Waals surface area contributed by atoms with Crippen LogP contribution in [0.1, 0.15) is 11.3 Å². The first-order valence-electron chi connectivity index (χ1n) is 5.57. The van der Waals surface area contributed by atoms with Crippen molar-refractivity contribution in [1.29, 1.82) is 0 Å². The van der Waals surface area contributed by atoms with E-state index >= 15 is 0 Å². The molecule has 1 aromatic heterocycles. The van der Waals surface area contributed by atoms with Crippen LogP contribution in [0.4, 0.5) is 0 Å². The topological polar surface area (TPSA) is 31.4 Å². The zero-order valence-corrected chi connectivity index (χ0v) is 10.6. The number of nitrogens with zero attached hydrogens (tertiary/aromatic N) is 1. The molecule has 0 fully saturated rings. The predicted molar refractivity (Wildman–Crippen MR) is 68.0 cm³/mol. The number of fused-ring (bicyclic) bond motifs is 1. The molecular weight excluding hydrogens is 234 g/mol. The van der Waals surface area contributed by atoms with Crippen LogP contribution in [0, 0.1) is 13.8 Å². The quantitative estimate of drug-likeness (QED) is 0.775. The summed E-state index contributed by atoms with van der Waals surface area (Å²) in [6.07, 6.45) is 0. The van der Waals surface area contributed by atoms with E-state index in [1.807, 2.05) is 19.1 Å². The van der Waals surface area contributed by atoms with E-state index in [0.29, 0.717) is 13.2 Å². The number of aromatic nitrogens is 1. The van der Waals surface area contributed by atoms with Crippen molar-refractivity contribution in [1.82, 2.24) is 4.98 Å². The van der Waals surface area contributed by atoms with Gasteiger partial charge in [-0.15, -0.1) is 11.3 Å². The average Bonchev–Trinajstić information content (AvgIpc) is 2.75. The molecule has 0 bridgehead atoms. The van der Waals surface area contributed by atoms with E-state index in [0.717, 1.165) is 27.8 Å². The van der Waals surface area contributed by atoms with E-state index in [2.05, 4.69) is 17.3 Å². The molecule has 0 N–H and O–H groups in total. The van der Waals surface area contributed by atoms with Crippen LogP contribution in [0.2, 0.25) is 0 Å². The Balaban J connectivity index is 2.11. The van der Waals surface area contributed by atoms with Crippen LogP contribution in [0.15, 0.2) is 17.5 Å². The largest absolute Gasteiger partial charge is 0.486 e. The molecule has 0 aliphatic carbocycles. The monoisotopic (exact) mass is 247 g/mol. The molecule has 2 aromatic rings. The molecule has 0 unspecified atom stereocenters. The van der Waals surface area contributed by atoms with Crippen molar-refractivity contribution in [3.8, 4) is 22.1 Å². The lowest BCUT2D eigenvalue weighted by Crippen LogP contribution is -2.15. The van der Waals surface area contributed by atoms with Gasteiger partial charge in [-0.3, -0.25) is 0 Å². The summed E-state index contributed by atoms with van der Waals surface area (Å²) in [4.78, 5) is 4.51. The standard InChI is InChI=1S/C13H13NO2S/c1-8-5-11-12(16-4-3-15-11)6-10(8)13-14-9(2)7-17-13/h5-7H,3-4H2,1-2H3. The smallest absolute Gasteiger partial charge is 0.162 e. The maximum atomic E-state index is 5.60. The Hall–Kier alpha value is -1.55. The van der Waals surface area contributed by atoms with E-state index in [1.54, 1.807) is 11.3 Å². The van der Waals surface area contributed by atoms with E-state index in [1.165, 1.54) is 5.56 Å². The fourth-order valence-electron chi connectivity index (χ4n) is 1.90. The SMILES string of the molecule is Cc1csc(-c2cc3c(cc2C)OCCO3)n1. The highest BCUT2D eigenvalue weighted by molar-refractivity contribution is 7.13. The molecular formula is C13H13NO2S. The van der Waals surface area contributed by atoms with Gasteiger partial charge in [0.05, 0.1) is 0 Å². The van der Waals surface area contributed by atoms with Gasteiger partial charge in [0, 0.05) is 16.6 Å². The van der Waals surface area contributed by atoms with Gasteiger partial charge >= 0.3 is 0 Å². The van der Waals surface area contributed by atoms with Gasteiger partial charge in [-0.1, -0.05) is 0 Å². The van der Waals surface area contributed by atoms with Gasteiger partial charge in [0.25, 0.3) is 0 Å². The molecule has 3 nitrogen and oxygen atoms in total. The van der Waals surface area contributed by atoms with Crippen LogP contribution >= 0.6 is 11.3 Å². The highest BCUT2D eigenvalue weighted by Crippen LogP contribution is 2.37. The Kier molecular flexibility index (Phi) is 2.52. The fraction of sp³-hybridized carbons (Fsp3) is 0.308. The second-order valence-corrected chi connectivity index (χ2v) is 4.96. The minimum absolute atomic E-state index is 0.617. The Labute approximate surface area is 104 Å². The lowest BCUT2D eigenvalue weighted by molar-refractivity contribution is 0.171. The summed E-state index contributed by atoms with van der Waals surface area (Å²) < 4.78 is 11.2. The molecule has 0 radical (unpaired) electrons. The molecule has 0 spiro atoms. The number of aryl methyl sites for hydroxylation is 2. The summed E-state index contributed by atoms with van der Waals surface area (Å²) in [5, 5.41) is 3.10. The van der Waals surface area contributed by atoms with Crippen LogP contribution in [0.25, 0.3) is 10.6 Å². The predicted octanol–water partition coefficient (Wildman–Crippen LogP) is 3.20. The van der Waals surface area contributed by atoms with Crippen molar-refractivity contribution in [2.75, 3.05) is 13.2 Å². The van der Waals surface area contributed by atoms with Crippen molar-refractivity contribution in [2.24, 2.45) is 0 Å². The first-order valence-corrected chi connectivity index (χ1v) is 6.45. The zero-order valence-electron chi connectivity index (χ0n) is 9.82.